The van der Waals surface area contributed by atoms with Crippen LogP contribution in [0.5, 0.6) is 11.5 Å². The van der Waals surface area contributed by atoms with E-state index in [1.807, 2.05) is 36.1 Å². The first kappa shape index (κ1) is 23.5. The minimum Gasteiger partial charge on any atom is -0.496 e. The number of nitrogens with zero attached hydrogens (tertiary/aromatic N) is 1. The molecule has 1 aliphatic rings. The summed E-state index contributed by atoms with van der Waals surface area (Å²) in [6, 6.07) is 17.8. The number of hydrogen-bond acceptors (Lipinski definition) is 4. The number of para-hydroxylation sites is 1. The molecule has 1 N–H and O–H groups in total. The van der Waals surface area contributed by atoms with Crippen molar-refractivity contribution in [3.05, 3.63) is 77.9 Å². The standard InChI is InChI=1S/C26H24F3NO4/c1-16(21-8-3-4-9-23(21)33-2)34-24-11-10-19(26(27,28)29)13-22(24)17-6-5-7-20(12-17)30-14-18(15-30)25(31)32/h3-13,16,18H,14-15H2,1-2H3,(H,31,32). The molecule has 0 bridgehead atoms. The van der Waals surface area contributed by atoms with Gasteiger partial charge < -0.3 is 19.5 Å². The van der Waals surface area contributed by atoms with E-state index in [9.17, 15) is 18.0 Å². The zero-order chi connectivity index (χ0) is 24.5. The second-order valence-electron chi connectivity index (χ2n) is 8.20. The third kappa shape index (κ3) is 4.81. The number of methoxy groups -OCH3 is 1. The lowest BCUT2D eigenvalue weighted by molar-refractivity contribution is -0.142. The topological polar surface area (TPSA) is 59.0 Å². The molecule has 0 amide bonds. The third-order valence-corrected chi connectivity index (χ3v) is 5.94. The van der Waals surface area contributed by atoms with Gasteiger partial charge in [0.1, 0.15) is 17.6 Å². The molecule has 0 aliphatic carbocycles. The normalized spacial score (nSPS) is 14.9. The quantitative estimate of drug-likeness (QED) is 0.455. The molecule has 178 valence electrons. The van der Waals surface area contributed by atoms with Crippen LogP contribution in [0, 0.1) is 5.92 Å². The number of rotatable bonds is 7. The Labute approximate surface area is 195 Å². The summed E-state index contributed by atoms with van der Waals surface area (Å²) in [6.45, 7) is 2.52. The molecule has 1 saturated heterocycles. The molecule has 1 atom stereocenters. The minimum atomic E-state index is -4.51. The van der Waals surface area contributed by atoms with Gasteiger partial charge in [0.05, 0.1) is 18.6 Å². The van der Waals surface area contributed by atoms with Crippen LogP contribution in [0.25, 0.3) is 11.1 Å². The van der Waals surface area contributed by atoms with Gasteiger partial charge in [0, 0.05) is 29.9 Å². The predicted molar refractivity (Wildman–Crippen MR) is 122 cm³/mol. The Balaban J connectivity index is 1.70. The Morgan fingerprint density at radius 3 is 2.44 bits per heavy atom. The number of anilines is 1. The van der Waals surface area contributed by atoms with Crippen LogP contribution in [0.1, 0.15) is 24.2 Å². The lowest BCUT2D eigenvalue weighted by atomic mass is 9.97. The third-order valence-electron chi connectivity index (χ3n) is 5.94. The lowest BCUT2D eigenvalue weighted by Crippen LogP contribution is -2.50. The summed E-state index contributed by atoms with van der Waals surface area (Å²) < 4.78 is 52.1. The van der Waals surface area contributed by atoms with Crippen molar-refractivity contribution in [3.8, 4) is 22.6 Å². The molecular weight excluding hydrogens is 447 g/mol. The summed E-state index contributed by atoms with van der Waals surface area (Å²) in [6.07, 6.45) is -4.99. The van der Waals surface area contributed by atoms with Gasteiger partial charge in [-0.3, -0.25) is 4.79 Å². The van der Waals surface area contributed by atoms with Crippen molar-refractivity contribution >= 4 is 11.7 Å². The number of benzene rings is 3. The largest absolute Gasteiger partial charge is 0.496 e. The van der Waals surface area contributed by atoms with E-state index in [2.05, 4.69) is 0 Å². The molecule has 8 heteroatoms. The number of alkyl halides is 3. The smallest absolute Gasteiger partial charge is 0.416 e. The summed E-state index contributed by atoms with van der Waals surface area (Å²) >= 11 is 0. The zero-order valence-electron chi connectivity index (χ0n) is 18.7. The van der Waals surface area contributed by atoms with Gasteiger partial charge in [-0.05, 0) is 48.9 Å². The van der Waals surface area contributed by atoms with Crippen LogP contribution in [0.2, 0.25) is 0 Å². The Bertz CT molecular complexity index is 1190. The summed E-state index contributed by atoms with van der Waals surface area (Å²) in [4.78, 5) is 13.0. The van der Waals surface area contributed by atoms with Crippen LogP contribution in [0.4, 0.5) is 18.9 Å². The van der Waals surface area contributed by atoms with Crippen molar-refractivity contribution < 1.29 is 32.5 Å². The first-order chi connectivity index (χ1) is 16.2. The fourth-order valence-corrected chi connectivity index (χ4v) is 4.01. The lowest BCUT2D eigenvalue weighted by Gasteiger charge is -2.38. The molecule has 4 rings (SSSR count). The first-order valence-corrected chi connectivity index (χ1v) is 10.8. The molecule has 34 heavy (non-hydrogen) atoms. The second-order valence-corrected chi connectivity index (χ2v) is 8.20. The van der Waals surface area contributed by atoms with E-state index in [0.717, 1.165) is 23.4 Å². The number of carbonyl (C=O) groups is 1. The summed E-state index contributed by atoms with van der Waals surface area (Å²) in [5.74, 6) is -0.379. The van der Waals surface area contributed by atoms with Crippen molar-refractivity contribution in [2.75, 3.05) is 25.1 Å². The van der Waals surface area contributed by atoms with Crippen LogP contribution in [0.15, 0.2) is 66.7 Å². The monoisotopic (exact) mass is 471 g/mol. The van der Waals surface area contributed by atoms with Gasteiger partial charge in [0.25, 0.3) is 0 Å². The van der Waals surface area contributed by atoms with Crippen molar-refractivity contribution in [1.29, 1.82) is 0 Å². The van der Waals surface area contributed by atoms with Gasteiger partial charge in [0.2, 0.25) is 0 Å². The minimum absolute atomic E-state index is 0.300. The van der Waals surface area contributed by atoms with Gasteiger partial charge in [-0.2, -0.15) is 13.2 Å². The van der Waals surface area contributed by atoms with E-state index >= 15 is 0 Å². The highest BCUT2D eigenvalue weighted by Crippen LogP contribution is 2.41. The van der Waals surface area contributed by atoms with E-state index in [4.69, 9.17) is 14.6 Å². The Kier molecular flexibility index (Phi) is 6.41. The van der Waals surface area contributed by atoms with Crippen molar-refractivity contribution in [1.82, 2.24) is 0 Å². The number of aliphatic carboxylic acids is 1. The van der Waals surface area contributed by atoms with E-state index < -0.39 is 29.7 Å². The Morgan fingerprint density at radius 2 is 1.76 bits per heavy atom. The van der Waals surface area contributed by atoms with E-state index in [1.165, 1.54) is 6.07 Å². The number of carboxylic acid groups (broad SMARTS) is 1. The molecule has 1 unspecified atom stereocenters. The average Bonchev–Trinajstić information content (AvgIpc) is 2.77. The number of ether oxygens (including phenoxy) is 2. The Morgan fingerprint density at radius 1 is 1.03 bits per heavy atom. The van der Waals surface area contributed by atoms with Gasteiger partial charge in [-0.1, -0.05) is 30.3 Å². The molecule has 0 saturated carbocycles. The van der Waals surface area contributed by atoms with Crippen LogP contribution in [0.3, 0.4) is 0 Å². The number of hydrogen-bond donors (Lipinski definition) is 1. The molecule has 0 aromatic heterocycles. The van der Waals surface area contributed by atoms with E-state index in [1.54, 1.807) is 31.4 Å². The fraction of sp³-hybridized carbons (Fsp3) is 0.269. The predicted octanol–water partition coefficient (Wildman–Crippen LogP) is 6.04. The SMILES string of the molecule is COc1ccccc1C(C)Oc1ccc(C(F)(F)F)cc1-c1cccc(N2CC(C(=O)O)C2)c1. The second kappa shape index (κ2) is 9.29. The average molecular weight is 471 g/mol. The molecule has 0 spiro atoms. The molecule has 3 aromatic rings. The molecule has 3 aromatic carbocycles. The molecule has 5 nitrogen and oxygen atoms in total. The maximum atomic E-state index is 13.5. The fourth-order valence-electron chi connectivity index (χ4n) is 4.01. The van der Waals surface area contributed by atoms with Gasteiger partial charge >= 0.3 is 12.1 Å². The molecule has 1 heterocycles. The molecule has 1 fully saturated rings. The Hall–Kier alpha value is -3.68. The maximum Gasteiger partial charge on any atom is 0.416 e. The van der Waals surface area contributed by atoms with Gasteiger partial charge in [-0.25, -0.2) is 0 Å². The van der Waals surface area contributed by atoms with Gasteiger partial charge in [-0.15, -0.1) is 0 Å². The van der Waals surface area contributed by atoms with Crippen LogP contribution >= 0.6 is 0 Å². The zero-order valence-corrected chi connectivity index (χ0v) is 18.7. The van der Waals surface area contributed by atoms with Crippen molar-refractivity contribution in [3.63, 3.8) is 0 Å². The van der Waals surface area contributed by atoms with Crippen LogP contribution in [-0.2, 0) is 11.0 Å². The summed E-state index contributed by atoms with van der Waals surface area (Å²) in [5.41, 5.74) is 1.58. The van der Waals surface area contributed by atoms with E-state index in [0.29, 0.717) is 35.7 Å². The molecular formula is C26H24F3NO4. The summed E-state index contributed by atoms with van der Waals surface area (Å²) in [7, 11) is 1.55. The number of halogens is 3. The number of carboxylic acids is 1. The van der Waals surface area contributed by atoms with Gasteiger partial charge in [0.15, 0.2) is 0 Å². The highest BCUT2D eigenvalue weighted by molar-refractivity contribution is 5.77. The van der Waals surface area contributed by atoms with Crippen LogP contribution in [-0.4, -0.2) is 31.3 Å². The van der Waals surface area contributed by atoms with Crippen LogP contribution < -0.4 is 14.4 Å². The van der Waals surface area contributed by atoms with E-state index in [-0.39, 0.29) is 0 Å². The molecule has 0 radical (unpaired) electrons. The highest BCUT2D eigenvalue weighted by atomic mass is 19.4. The molecule has 1 aliphatic heterocycles. The maximum absolute atomic E-state index is 13.5. The van der Waals surface area contributed by atoms with Crippen molar-refractivity contribution in [2.45, 2.75) is 19.2 Å². The van der Waals surface area contributed by atoms with Crippen molar-refractivity contribution in [2.24, 2.45) is 5.92 Å². The highest BCUT2D eigenvalue weighted by Gasteiger charge is 2.33. The summed E-state index contributed by atoms with van der Waals surface area (Å²) in [5, 5.41) is 9.13. The first-order valence-electron chi connectivity index (χ1n) is 10.8.